The Labute approximate surface area is 382 Å². The second-order valence-electron chi connectivity index (χ2n) is 18.3. The molecule has 0 aliphatic rings. The molecule has 4 heteroatoms. The van der Waals surface area contributed by atoms with Gasteiger partial charge < -0.3 is 19.7 Å². The molecule has 368 valence electrons. The zero-order valence-corrected chi connectivity index (χ0v) is 43.4. The van der Waals surface area contributed by atoms with E-state index in [0.717, 1.165) is 52.1 Å². The van der Waals surface area contributed by atoms with Crippen LogP contribution in [0.5, 0.6) is 0 Å². The molecule has 0 aromatic rings. The minimum absolute atomic E-state index is 0.0246. The van der Waals surface area contributed by atoms with Gasteiger partial charge in [0.05, 0.1) is 12.2 Å². The van der Waals surface area contributed by atoms with Crippen molar-refractivity contribution in [1.29, 1.82) is 0 Å². The fraction of sp³-hybridized carbons (Fsp3) is 1.00. The van der Waals surface area contributed by atoms with Gasteiger partial charge in [0.2, 0.25) is 0 Å². The molecule has 0 aromatic heterocycles. The Kier molecular flexibility index (Phi) is 75.2. The van der Waals surface area contributed by atoms with Crippen molar-refractivity contribution in [3.8, 4) is 0 Å². The summed E-state index contributed by atoms with van der Waals surface area (Å²) in [5, 5.41) is 19.2. The first-order chi connectivity index (χ1) is 29.4. The zero-order valence-electron chi connectivity index (χ0n) is 43.4. The van der Waals surface area contributed by atoms with Crippen LogP contribution >= 0.6 is 0 Å². The van der Waals surface area contributed by atoms with Crippen LogP contribution in [0, 0.1) is 0 Å². The van der Waals surface area contributed by atoms with Crippen molar-refractivity contribution in [2.75, 3.05) is 26.4 Å². The number of hydrogen-bond donors (Lipinski definition) is 2. The van der Waals surface area contributed by atoms with Gasteiger partial charge in [-0.15, -0.1) is 0 Å². The lowest BCUT2D eigenvalue weighted by Gasteiger charge is -2.09. The third kappa shape index (κ3) is 75.2. The van der Waals surface area contributed by atoms with Crippen molar-refractivity contribution in [3.05, 3.63) is 0 Å². The number of hydrogen-bond acceptors (Lipinski definition) is 4. The summed E-state index contributed by atoms with van der Waals surface area (Å²) in [6.07, 6.45) is 54.5. The van der Waals surface area contributed by atoms with Crippen LogP contribution in [0.25, 0.3) is 0 Å². The molecule has 2 atom stereocenters. The van der Waals surface area contributed by atoms with Gasteiger partial charge in [-0.05, 0) is 51.4 Å². The van der Waals surface area contributed by atoms with E-state index in [1.165, 1.54) is 244 Å². The van der Waals surface area contributed by atoms with Gasteiger partial charge in [0.25, 0.3) is 0 Å². The van der Waals surface area contributed by atoms with E-state index in [0.29, 0.717) is 0 Å². The third-order valence-corrected chi connectivity index (χ3v) is 11.6. The lowest BCUT2D eigenvalue weighted by atomic mass is 10.0. The van der Waals surface area contributed by atoms with Gasteiger partial charge in [-0.2, -0.15) is 0 Å². The number of ether oxygens (including phenoxy) is 2. The molecule has 0 radical (unpaired) electrons. The molecule has 60 heavy (non-hydrogen) atoms. The van der Waals surface area contributed by atoms with Gasteiger partial charge in [0.1, 0.15) is 0 Å². The molecule has 0 fully saturated rings. The van der Waals surface area contributed by atoms with E-state index in [-0.39, 0.29) is 12.2 Å². The Morgan fingerprint density at radius 1 is 0.217 bits per heavy atom. The van der Waals surface area contributed by atoms with Crippen molar-refractivity contribution in [1.82, 2.24) is 0 Å². The zero-order chi connectivity index (χ0) is 45.1. The van der Waals surface area contributed by atoms with Crippen LogP contribution in [0.15, 0.2) is 0 Å². The van der Waals surface area contributed by atoms with E-state index in [1.807, 2.05) is 0 Å². The normalized spacial score (nSPS) is 11.9. The summed E-state index contributed by atoms with van der Waals surface area (Å²) in [5.41, 5.74) is 0. The molecule has 0 amide bonds. The average molecular weight is 858 g/mol. The molecule has 0 saturated carbocycles. The number of rotatable bonds is 46. The quantitative estimate of drug-likeness (QED) is 0.0599. The Bertz CT molecular complexity index is 617. The highest BCUT2D eigenvalue weighted by Crippen LogP contribution is 2.14. The highest BCUT2D eigenvalue weighted by Gasteiger charge is 2.04. The molecule has 0 aromatic carbocycles. The number of aliphatic hydroxyl groups excluding tert-OH is 2. The summed E-state index contributed by atoms with van der Waals surface area (Å²) in [5.74, 6) is 0. The van der Waals surface area contributed by atoms with Crippen molar-refractivity contribution in [2.45, 2.75) is 337 Å². The van der Waals surface area contributed by atoms with Gasteiger partial charge in [0, 0.05) is 26.4 Å². The maximum Gasteiger partial charge on any atom is 0.0540 e. The topological polar surface area (TPSA) is 58.9 Å². The summed E-state index contributed by atoms with van der Waals surface area (Å²) < 4.78 is 11.1. The molecule has 0 rings (SSSR count). The molecule has 0 heterocycles. The van der Waals surface area contributed by atoms with E-state index < -0.39 is 0 Å². The first-order valence-corrected chi connectivity index (χ1v) is 28.0. The SMILES string of the molecule is CCCCCCCC(O)CCCC.CCCCCCCC(O)CCCCCC.CCCCCCCCCCOCCCC.CCCCCCCCCCOCCCCCC. The average Bonchev–Trinajstić information content (AvgIpc) is 3.26. The lowest BCUT2D eigenvalue weighted by molar-refractivity contribution is 0.125. The van der Waals surface area contributed by atoms with Crippen LogP contribution in [0.4, 0.5) is 0 Å². The Hall–Kier alpha value is -0.160. The first-order valence-electron chi connectivity index (χ1n) is 28.0. The fourth-order valence-electron chi connectivity index (χ4n) is 7.26. The van der Waals surface area contributed by atoms with Crippen molar-refractivity contribution < 1.29 is 19.7 Å². The van der Waals surface area contributed by atoms with E-state index in [2.05, 4.69) is 55.4 Å². The highest BCUT2D eigenvalue weighted by atomic mass is 16.5. The largest absolute Gasteiger partial charge is 0.393 e. The third-order valence-electron chi connectivity index (χ3n) is 11.6. The molecule has 2 unspecified atom stereocenters. The van der Waals surface area contributed by atoms with Crippen molar-refractivity contribution in [3.63, 3.8) is 0 Å². The van der Waals surface area contributed by atoms with Gasteiger partial charge in [-0.3, -0.25) is 0 Å². The highest BCUT2D eigenvalue weighted by molar-refractivity contribution is 4.58. The predicted octanol–water partition coefficient (Wildman–Crippen LogP) is 19.2. The van der Waals surface area contributed by atoms with Crippen LogP contribution in [0.2, 0.25) is 0 Å². The molecule has 0 aliphatic carbocycles. The molecule has 0 spiro atoms. The number of unbranched alkanes of at least 4 members (excludes halogenated alkanes) is 30. The van der Waals surface area contributed by atoms with Crippen molar-refractivity contribution in [2.24, 2.45) is 0 Å². The second kappa shape index (κ2) is 67.9. The Balaban J connectivity index is -0.000000350. The van der Waals surface area contributed by atoms with Crippen LogP contribution in [0.3, 0.4) is 0 Å². The smallest absolute Gasteiger partial charge is 0.0540 e. The first kappa shape index (κ1) is 66.4. The Morgan fingerprint density at radius 2 is 0.400 bits per heavy atom. The Morgan fingerprint density at radius 3 is 0.683 bits per heavy atom. The maximum atomic E-state index is 9.71. The number of aliphatic hydroxyl groups is 2. The van der Waals surface area contributed by atoms with Gasteiger partial charge in [0.15, 0.2) is 0 Å². The lowest BCUT2D eigenvalue weighted by Crippen LogP contribution is -2.05. The van der Waals surface area contributed by atoms with E-state index in [1.54, 1.807) is 0 Å². The summed E-state index contributed by atoms with van der Waals surface area (Å²) in [6.45, 7) is 21.8. The van der Waals surface area contributed by atoms with Gasteiger partial charge in [-0.1, -0.05) is 274 Å². The predicted molar refractivity (Wildman–Crippen MR) is 273 cm³/mol. The standard InChI is InChI=1S/C16H34O.2C14H30O.C12H26O/c1-3-5-7-9-10-11-12-14-16-17-15-13-8-6-4-2;1-3-5-7-8-9-10-11-12-14-15-13-6-4-2;1-3-5-7-9-11-13-14(15)12-10-8-6-4-2;1-3-5-7-8-9-11-12(13)10-6-4-2/h3-16H2,1-2H3;3-14H2,1-2H3;14-15H,3-13H2,1-2H3;12-13H,3-11H2,1-2H3. The van der Waals surface area contributed by atoms with Gasteiger partial charge in [-0.25, -0.2) is 0 Å². The van der Waals surface area contributed by atoms with Crippen LogP contribution in [-0.2, 0) is 9.47 Å². The van der Waals surface area contributed by atoms with Crippen LogP contribution < -0.4 is 0 Å². The maximum absolute atomic E-state index is 9.71. The molecule has 0 bridgehead atoms. The minimum Gasteiger partial charge on any atom is -0.393 e. The van der Waals surface area contributed by atoms with Crippen molar-refractivity contribution >= 4 is 0 Å². The van der Waals surface area contributed by atoms with E-state index in [9.17, 15) is 10.2 Å². The van der Waals surface area contributed by atoms with Crippen LogP contribution in [-0.4, -0.2) is 48.8 Å². The van der Waals surface area contributed by atoms with E-state index in [4.69, 9.17) is 9.47 Å². The molecule has 0 aliphatic heterocycles. The molecule has 0 saturated heterocycles. The fourth-order valence-corrected chi connectivity index (χ4v) is 7.26. The summed E-state index contributed by atoms with van der Waals surface area (Å²) >= 11 is 0. The molecular weight excluding hydrogens is 737 g/mol. The van der Waals surface area contributed by atoms with E-state index >= 15 is 0 Å². The van der Waals surface area contributed by atoms with Gasteiger partial charge >= 0.3 is 0 Å². The second-order valence-corrected chi connectivity index (χ2v) is 18.3. The molecular formula is C56H120O4. The monoisotopic (exact) mass is 857 g/mol. The minimum atomic E-state index is -0.0263. The van der Waals surface area contributed by atoms with Crippen LogP contribution in [0.1, 0.15) is 325 Å². The molecule has 4 nitrogen and oxygen atoms in total. The summed E-state index contributed by atoms with van der Waals surface area (Å²) in [7, 11) is 0. The summed E-state index contributed by atoms with van der Waals surface area (Å²) in [4.78, 5) is 0. The summed E-state index contributed by atoms with van der Waals surface area (Å²) in [6, 6.07) is 0. The molecule has 2 N–H and O–H groups in total.